The van der Waals surface area contributed by atoms with E-state index in [-0.39, 0.29) is 0 Å². The van der Waals surface area contributed by atoms with Crippen molar-refractivity contribution < 1.29 is 0 Å². The minimum atomic E-state index is 0.828. The fraction of sp³-hybridized carbons (Fsp3) is 0.176. The monoisotopic (exact) mass is 341 g/mol. The van der Waals surface area contributed by atoms with Gasteiger partial charge in [-0.1, -0.05) is 70.5 Å². The first-order valence-corrected chi connectivity index (χ1v) is 8.06. The summed E-state index contributed by atoms with van der Waals surface area (Å²) in [5.74, 6) is 0.941. The fourth-order valence-corrected chi connectivity index (χ4v) is 2.84. The van der Waals surface area contributed by atoms with Crippen molar-refractivity contribution in [1.29, 1.82) is 0 Å². The Hall–Kier alpha value is -1.94. The van der Waals surface area contributed by atoms with Gasteiger partial charge in [-0.25, -0.2) is 0 Å². The molecule has 21 heavy (non-hydrogen) atoms. The summed E-state index contributed by atoms with van der Waals surface area (Å²) in [5.41, 5.74) is 1.27. The van der Waals surface area contributed by atoms with Crippen molar-refractivity contribution in [3.63, 3.8) is 0 Å². The van der Waals surface area contributed by atoms with Gasteiger partial charge in [0.05, 0.1) is 6.20 Å². The normalized spacial score (nSPS) is 10.7. The van der Waals surface area contributed by atoms with E-state index in [1.807, 2.05) is 24.4 Å². The van der Waals surface area contributed by atoms with Crippen LogP contribution in [0.5, 0.6) is 0 Å². The molecule has 3 rings (SSSR count). The van der Waals surface area contributed by atoms with Gasteiger partial charge in [-0.15, -0.1) is 5.10 Å². The predicted octanol–water partition coefficient (Wildman–Crippen LogP) is 4.03. The molecule has 0 fully saturated rings. The molecule has 0 aliphatic heterocycles. The number of fused-ring (bicyclic) bond motifs is 1. The first kappa shape index (κ1) is 14.0. The highest BCUT2D eigenvalue weighted by atomic mass is 79.9. The molecule has 1 aromatic heterocycles. The Labute approximate surface area is 132 Å². The second kappa shape index (κ2) is 6.68. The molecule has 1 heterocycles. The maximum absolute atomic E-state index is 4.38. The van der Waals surface area contributed by atoms with Crippen molar-refractivity contribution in [2.24, 2.45) is 0 Å². The van der Waals surface area contributed by atoms with Crippen molar-refractivity contribution in [3.8, 4) is 0 Å². The molecule has 3 aromatic rings. The molecule has 2 aromatic carbocycles. The zero-order valence-corrected chi connectivity index (χ0v) is 13.2. The molecule has 0 spiro atoms. The molecule has 0 aliphatic rings. The van der Waals surface area contributed by atoms with E-state index in [0.29, 0.717) is 0 Å². The van der Waals surface area contributed by atoms with E-state index in [1.165, 1.54) is 5.56 Å². The predicted molar refractivity (Wildman–Crippen MR) is 90.8 cm³/mol. The third-order valence-electron chi connectivity index (χ3n) is 3.42. The Bertz CT molecular complexity index is 710. The molecule has 0 aliphatic carbocycles. The van der Waals surface area contributed by atoms with E-state index >= 15 is 0 Å². The SMILES string of the molecule is BrCCN(Cc1ccccc1)c1nncc2ccccc12. The number of hydrogen-bond donors (Lipinski definition) is 0. The van der Waals surface area contributed by atoms with Crippen LogP contribution in [-0.4, -0.2) is 22.1 Å². The van der Waals surface area contributed by atoms with Gasteiger partial charge in [0.1, 0.15) is 0 Å². The van der Waals surface area contributed by atoms with Crippen molar-refractivity contribution in [3.05, 3.63) is 66.4 Å². The first-order chi connectivity index (χ1) is 10.4. The van der Waals surface area contributed by atoms with Crippen LogP contribution in [0, 0.1) is 0 Å². The highest BCUT2D eigenvalue weighted by Crippen LogP contribution is 2.24. The van der Waals surface area contributed by atoms with E-state index in [1.54, 1.807) is 0 Å². The van der Waals surface area contributed by atoms with Crippen LogP contribution < -0.4 is 4.90 Å². The summed E-state index contributed by atoms with van der Waals surface area (Å²) in [6, 6.07) is 18.7. The van der Waals surface area contributed by atoms with E-state index < -0.39 is 0 Å². The van der Waals surface area contributed by atoms with Crippen LogP contribution in [0.4, 0.5) is 5.82 Å². The summed E-state index contributed by atoms with van der Waals surface area (Å²) in [4.78, 5) is 2.26. The number of anilines is 1. The summed E-state index contributed by atoms with van der Waals surface area (Å²) in [6.07, 6.45) is 1.81. The molecule has 106 valence electrons. The van der Waals surface area contributed by atoms with Crippen LogP contribution >= 0.6 is 15.9 Å². The third-order valence-corrected chi connectivity index (χ3v) is 3.78. The molecule has 3 nitrogen and oxygen atoms in total. The lowest BCUT2D eigenvalue weighted by Gasteiger charge is -2.23. The number of aromatic nitrogens is 2. The van der Waals surface area contributed by atoms with Gasteiger partial charge in [0, 0.05) is 29.2 Å². The van der Waals surface area contributed by atoms with Gasteiger partial charge in [-0.05, 0) is 5.56 Å². The van der Waals surface area contributed by atoms with E-state index in [4.69, 9.17) is 0 Å². The largest absolute Gasteiger partial charge is 0.349 e. The third kappa shape index (κ3) is 3.22. The van der Waals surface area contributed by atoms with E-state index in [2.05, 4.69) is 67.4 Å². The van der Waals surface area contributed by atoms with E-state index in [9.17, 15) is 0 Å². The molecule has 0 saturated carbocycles. The van der Waals surface area contributed by atoms with Crippen LogP contribution in [0.2, 0.25) is 0 Å². The minimum absolute atomic E-state index is 0.828. The Morgan fingerprint density at radius 1 is 0.952 bits per heavy atom. The average Bonchev–Trinajstić information content (AvgIpc) is 2.55. The number of hydrogen-bond acceptors (Lipinski definition) is 3. The van der Waals surface area contributed by atoms with Gasteiger partial charge in [0.25, 0.3) is 0 Å². The van der Waals surface area contributed by atoms with Crippen LogP contribution in [0.3, 0.4) is 0 Å². The Morgan fingerprint density at radius 2 is 1.71 bits per heavy atom. The van der Waals surface area contributed by atoms with Crippen LogP contribution in [0.15, 0.2) is 60.8 Å². The van der Waals surface area contributed by atoms with Crippen LogP contribution in [-0.2, 0) is 6.54 Å². The maximum Gasteiger partial charge on any atom is 0.159 e. The van der Waals surface area contributed by atoms with Crippen LogP contribution in [0.1, 0.15) is 5.56 Å². The fourth-order valence-electron chi connectivity index (χ4n) is 2.41. The standard InChI is InChI=1S/C17H16BrN3/c18-10-11-21(13-14-6-2-1-3-7-14)17-16-9-5-4-8-15(16)12-19-20-17/h1-9,12H,10-11,13H2. The second-order valence-corrected chi connectivity index (χ2v) is 5.64. The number of alkyl halides is 1. The average molecular weight is 342 g/mol. The molecule has 4 heteroatoms. The summed E-state index contributed by atoms with van der Waals surface area (Å²) in [7, 11) is 0. The molecule has 0 N–H and O–H groups in total. The molecule has 0 unspecified atom stereocenters. The van der Waals surface area contributed by atoms with Crippen molar-refractivity contribution in [2.75, 3.05) is 16.8 Å². The van der Waals surface area contributed by atoms with Gasteiger partial charge in [0.2, 0.25) is 0 Å². The van der Waals surface area contributed by atoms with Crippen molar-refractivity contribution in [2.45, 2.75) is 6.54 Å². The van der Waals surface area contributed by atoms with Gasteiger partial charge in [0.15, 0.2) is 5.82 Å². The maximum atomic E-state index is 4.38. The lowest BCUT2D eigenvalue weighted by molar-refractivity contribution is 0.810. The zero-order chi connectivity index (χ0) is 14.5. The highest BCUT2D eigenvalue weighted by molar-refractivity contribution is 9.09. The summed E-state index contributed by atoms with van der Waals surface area (Å²) in [6.45, 7) is 1.71. The molecule has 0 atom stereocenters. The Balaban J connectivity index is 1.99. The quantitative estimate of drug-likeness (QED) is 0.656. The highest BCUT2D eigenvalue weighted by Gasteiger charge is 2.12. The lowest BCUT2D eigenvalue weighted by Crippen LogP contribution is -2.26. The first-order valence-electron chi connectivity index (χ1n) is 6.94. The molecular weight excluding hydrogens is 326 g/mol. The summed E-state index contributed by atoms with van der Waals surface area (Å²) < 4.78 is 0. The van der Waals surface area contributed by atoms with Gasteiger partial charge in [-0.3, -0.25) is 0 Å². The summed E-state index contributed by atoms with van der Waals surface area (Å²) in [5, 5.41) is 11.7. The molecule has 0 amide bonds. The minimum Gasteiger partial charge on any atom is -0.349 e. The Kier molecular flexibility index (Phi) is 4.46. The van der Waals surface area contributed by atoms with Gasteiger partial charge < -0.3 is 4.90 Å². The zero-order valence-electron chi connectivity index (χ0n) is 11.6. The van der Waals surface area contributed by atoms with Crippen molar-refractivity contribution in [1.82, 2.24) is 10.2 Å². The number of benzene rings is 2. The smallest absolute Gasteiger partial charge is 0.159 e. The van der Waals surface area contributed by atoms with Crippen molar-refractivity contribution >= 4 is 32.5 Å². The molecule has 0 saturated heterocycles. The summed E-state index contributed by atoms with van der Waals surface area (Å²) >= 11 is 3.53. The number of rotatable bonds is 5. The second-order valence-electron chi connectivity index (χ2n) is 4.85. The van der Waals surface area contributed by atoms with Gasteiger partial charge in [-0.2, -0.15) is 5.10 Å². The number of nitrogens with zero attached hydrogens (tertiary/aromatic N) is 3. The van der Waals surface area contributed by atoms with E-state index in [0.717, 1.165) is 35.0 Å². The lowest BCUT2D eigenvalue weighted by atomic mass is 10.1. The number of halogens is 1. The topological polar surface area (TPSA) is 29.0 Å². The molecule has 0 bridgehead atoms. The van der Waals surface area contributed by atoms with Gasteiger partial charge >= 0.3 is 0 Å². The molecule has 0 radical (unpaired) electrons. The van der Waals surface area contributed by atoms with Crippen LogP contribution in [0.25, 0.3) is 10.8 Å². The Morgan fingerprint density at radius 3 is 2.52 bits per heavy atom. The molecular formula is C17H16BrN3.